The minimum atomic E-state index is -1.56. The van der Waals surface area contributed by atoms with E-state index in [1.807, 2.05) is 33.4 Å². The molecule has 0 radical (unpaired) electrons. The molecule has 0 aromatic carbocycles. The second kappa shape index (κ2) is 5.82. The Balaban J connectivity index is 5.08. The number of carbonyl (C=O) groups is 1. The predicted molar refractivity (Wildman–Crippen MR) is 73.6 cm³/mol. The first-order valence-corrected chi connectivity index (χ1v) is 9.68. The fourth-order valence-electron chi connectivity index (χ4n) is 1.31. The lowest BCUT2D eigenvalue weighted by molar-refractivity contribution is -0.151. The van der Waals surface area contributed by atoms with E-state index in [-0.39, 0.29) is 0 Å². The van der Waals surface area contributed by atoms with Crippen molar-refractivity contribution >= 4 is 14.0 Å². The lowest BCUT2D eigenvalue weighted by Crippen LogP contribution is -2.31. The van der Waals surface area contributed by atoms with Crippen LogP contribution in [0.2, 0.25) is 19.6 Å². The van der Waals surface area contributed by atoms with Gasteiger partial charge >= 0.3 is 5.97 Å². The number of carbonyl (C=O) groups excluding carboxylic acids is 1. The second-order valence-corrected chi connectivity index (χ2v) is 11.4. The van der Waals surface area contributed by atoms with Gasteiger partial charge in [-0.1, -0.05) is 32.3 Å². The summed E-state index contributed by atoms with van der Waals surface area (Å²) in [5.41, 5.74) is 1.82. The molecule has 0 spiro atoms. The zero-order valence-corrected chi connectivity index (χ0v) is 13.1. The summed E-state index contributed by atoms with van der Waals surface area (Å²) in [6, 6.07) is 0. The molecule has 0 fully saturated rings. The molecule has 0 aliphatic carbocycles. The molecule has 0 amide bonds. The van der Waals surface area contributed by atoms with Crippen LogP contribution in [0.25, 0.3) is 0 Å². The van der Waals surface area contributed by atoms with Gasteiger partial charge in [-0.2, -0.15) is 0 Å². The summed E-state index contributed by atoms with van der Waals surface area (Å²) in [7, 11) is -1.56. The Morgan fingerprint density at radius 3 is 2.12 bits per heavy atom. The normalized spacial score (nSPS) is 15.6. The molecule has 0 heterocycles. The SMILES string of the molecule is CCC(O)/C(=C/[Si](C)(C)C)C(=O)OC(C)(C)C. The number of rotatable bonds is 4. The van der Waals surface area contributed by atoms with Crippen molar-refractivity contribution in [3.05, 3.63) is 11.3 Å². The van der Waals surface area contributed by atoms with Crippen LogP contribution in [0.1, 0.15) is 34.1 Å². The molecule has 0 aromatic heterocycles. The van der Waals surface area contributed by atoms with Gasteiger partial charge < -0.3 is 9.84 Å². The average molecular weight is 258 g/mol. The van der Waals surface area contributed by atoms with Crippen molar-refractivity contribution in [3.8, 4) is 0 Å². The average Bonchev–Trinajstić information content (AvgIpc) is 2.08. The molecule has 1 N–H and O–H groups in total. The van der Waals surface area contributed by atoms with E-state index in [1.165, 1.54) is 0 Å². The van der Waals surface area contributed by atoms with E-state index in [4.69, 9.17) is 4.74 Å². The van der Waals surface area contributed by atoms with E-state index >= 15 is 0 Å². The molecular formula is C13H26O3Si. The minimum absolute atomic E-state index is 0.394. The summed E-state index contributed by atoms with van der Waals surface area (Å²) in [6.45, 7) is 13.7. The van der Waals surface area contributed by atoms with Gasteiger partial charge in [-0.15, -0.1) is 0 Å². The monoisotopic (exact) mass is 258 g/mol. The van der Waals surface area contributed by atoms with Gasteiger partial charge in [0.05, 0.1) is 19.8 Å². The fraction of sp³-hybridized carbons (Fsp3) is 0.769. The molecular weight excluding hydrogens is 232 g/mol. The van der Waals surface area contributed by atoms with Gasteiger partial charge in [-0.25, -0.2) is 4.79 Å². The summed E-state index contributed by atoms with van der Waals surface area (Å²) in [6.07, 6.45) is -0.202. The summed E-state index contributed by atoms with van der Waals surface area (Å²) in [5, 5.41) is 9.90. The smallest absolute Gasteiger partial charge is 0.336 e. The predicted octanol–water partition coefficient (Wildman–Crippen LogP) is 2.90. The number of aliphatic hydroxyl groups is 1. The quantitative estimate of drug-likeness (QED) is 0.479. The molecule has 0 aliphatic rings. The maximum atomic E-state index is 12.0. The molecule has 1 unspecified atom stereocenters. The van der Waals surface area contributed by atoms with Crippen LogP contribution in [0.4, 0.5) is 0 Å². The van der Waals surface area contributed by atoms with Gasteiger partial charge in [0.15, 0.2) is 0 Å². The van der Waals surface area contributed by atoms with Gasteiger partial charge in [-0.05, 0) is 27.2 Å². The minimum Gasteiger partial charge on any atom is -0.457 e. The van der Waals surface area contributed by atoms with Crippen LogP contribution in [-0.2, 0) is 9.53 Å². The third kappa shape index (κ3) is 7.34. The highest BCUT2D eigenvalue weighted by molar-refractivity contribution is 6.81. The Labute approximate surface area is 106 Å². The Kier molecular flexibility index (Phi) is 5.61. The van der Waals surface area contributed by atoms with Crippen LogP contribution >= 0.6 is 0 Å². The largest absolute Gasteiger partial charge is 0.457 e. The van der Waals surface area contributed by atoms with E-state index in [2.05, 4.69) is 19.6 Å². The van der Waals surface area contributed by atoms with E-state index in [0.29, 0.717) is 12.0 Å². The molecule has 0 saturated heterocycles. The summed E-state index contributed by atoms with van der Waals surface area (Å²) < 4.78 is 5.32. The van der Waals surface area contributed by atoms with Crippen LogP contribution in [0.3, 0.4) is 0 Å². The molecule has 0 aromatic rings. The first kappa shape index (κ1) is 16.4. The maximum absolute atomic E-state index is 12.0. The summed E-state index contributed by atoms with van der Waals surface area (Å²) in [5.74, 6) is -0.394. The van der Waals surface area contributed by atoms with Crippen LogP contribution in [0, 0.1) is 0 Å². The van der Waals surface area contributed by atoms with Crippen LogP contribution in [-0.4, -0.2) is 30.9 Å². The second-order valence-electron chi connectivity index (χ2n) is 6.39. The van der Waals surface area contributed by atoms with Gasteiger partial charge in [-0.3, -0.25) is 0 Å². The number of esters is 1. The third-order valence-corrected chi connectivity index (χ3v) is 3.15. The van der Waals surface area contributed by atoms with E-state index in [9.17, 15) is 9.90 Å². The van der Waals surface area contributed by atoms with Gasteiger partial charge in [0, 0.05) is 0 Å². The first-order valence-electron chi connectivity index (χ1n) is 6.10. The summed E-state index contributed by atoms with van der Waals surface area (Å²) >= 11 is 0. The number of aliphatic hydroxyl groups excluding tert-OH is 1. The van der Waals surface area contributed by atoms with E-state index < -0.39 is 25.7 Å². The Hall–Kier alpha value is -0.613. The standard InChI is InChI=1S/C13H26O3Si/c1-8-11(14)10(9-17(5,6)7)12(15)16-13(2,3)4/h9,11,14H,8H2,1-7H3/b10-9-. The van der Waals surface area contributed by atoms with Crippen LogP contribution < -0.4 is 0 Å². The number of hydrogen-bond acceptors (Lipinski definition) is 3. The Bertz CT molecular complexity index is 295. The molecule has 4 heteroatoms. The highest BCUT2D eigenvalue weighted by atomic mass is 28.3. The first-order chi connectivity index (χ1) is 7.46. The molecule has 17 heavy (non-hydrogen) atoms. The molecule has 3 nitrogen and oxygen atoms in total. The summed E-state index contributed by atoms with van der Waals surface area (Å²) in [4.78, 5) is 12.0. The van der Waals surface area contributed by atoms with Crippen molar-refractivity contribution in [1.82, 2.24) is 0 Å². The van der Waals surface area contributed by atoms with Crippen LogP contribution in [0.15, 0.2) is 11.3 Å². The molecule has 0 aliphatic heterocycles. The molecule has 100 valence electrons. The van der Waals surface area contributed by atoms with Crippen molar-refractivity contribution in [2.45, 2.75) is 65.5 Å². The van der Waals surface area contributed by atoms with Crippen molar-refractivity contribution in [2.24, 2.45) is 0 Å². The van der Waals surface area contributed by atoms with Gasteiger partial charge in [0.1, 0.15) is 5.60 Å². The van der Waals surface area contributed by atoms with E-state index in [0.717, 1.165) is 0 Å². The lowest BCUT2D eigenvalue weighted by atomic mass is 10.1. The van der Waals surface area contributed by atoms with Gasteiger partial charge in [0.2, 0.25) is 0 Å². The molecule has 1 atom stereocenters. The van der Waals surface area contributed by atoms with Gasteiger partial charge in [0.25, 0.3) is 0 Å². The molecule has 0 rings (SSSR count). The van der Waals surface area contributed by atoms with Crippen molar-refractivity contribution in [2.75, 3.05) is 0 Å². The highest BCUT2D eigenvalue weighted by Crippen LogP contribution is 2.18. The number of hydrogen-bond donors (Lipinski definition) is 1. The highest BCUT2D eigenvalue weighted by Gasteiger charge is 2.26. The molecule has 0 bridgehead atoms. The van der Waals surface area contributed by atoms with Crippen molar-refractivity contribution in [3.63, 3.8) is 0 Å². The fourth-order valence-corrected chi connectivity index (χ4v) is 2.56. The Morgan fingerprint density at radius 1 is 1.35 bits per heavy atom. The van der Waals surface area contributed by atoms with Crippen molar-refractivity contribution in [1.29, 1.82) is 0 Å². The molecule has 0 saturated carbocycles. The van der Waals surface area contributed by atoms with Crippen molar-refractivity contribution < 1.29 is 14.6 Å². The third-order valence-electron chi connectivity index (χ3n) is 1.97. The zero-order chi connectivity index (χ0) is 13.9. The zero-order valence-electron chi connectivity index (χ0n) is 12.1. The van der Waals surface area contributed by atoms with Crippen LogP contribution in [0.5, 0.6) is 0 Å². The van der Waals surface area contributed by atoms with E-state index in [1.54, 1.807) is 0 Å². The lowest BCUT2D eigenvalue weighted by Gasteiger charge is -2.23. The Morgan fingerprint density at radius 2 is 1.82 bits per heavy atom. The number of ether oxygens (including phenoxy) is 1. The topological polar surface area (TPSA) is 46.5 Å². The maximum Gasteiger partial charge on any atom is 0.336 e.